The highest BCUT2D eigenvalue weighted by Crippen LogP contribution is 2.27. The van der Waals surface area contributed by atoms with Crippen molar-refractivity contribution in [1.29, 1.82) is 0 Å². The van der Waals surface area contributed by atoms with Gasteiger partial charge >= 0.3 is 0 Å². The molecule has 3 heterocycles. The predicted molar refractivity (Wildman–Crippen MR) is 113 cm³/mol. The van der Waals surface area contributed by atoms with Crippen molar-refractivity contribution in [2.75, 3.05) is 14.2 Å². The number of fused-ring (bicyclic) bond motifs is 3. The summed E-state index contributed by atoms with van der Waals surface area (Å²) in [7, 11) is 3.50. The van der Waals surface area contributed by atoms with E-state index in [2.05, 4.69) is 4.57 Å². The summed E-state index contributed by atoms with van der Waals surface area (Å²) in [6.45, 7) is 4.90. The number of carbonyl (C=O) groups is 1. The van der Waals surface area contributed by atoms with Crippen molar-refractivity contribution < 1.29 is 9.53 Å². The first-order valence-electron chi connectivity index (χ1n) is 10.3. The van der Waals surface area contributed by atoms with Gasteiger partial charge in [0.05, 0.1) is 18.7 Å². The Morgan fingerprint density at radius 3 is 2.66 bits per heavy atom. The van der Waals surface area contributed by atoms with Crippen LogP contribution < -0.4 is 4.74 Å². The molecule has 3 aromatic rings. The lowest BCUT2D eigenvalue weighted by atomic mass is 10.1. The lowest BCUT2D eigenvalue weighted by Gasteiger charge is -2.26. The Hall–Kier alpha value is -2.89. The molecular formula is C23H28N4O2. The molecule has 152 valence electrons. The minimum Gasteiger partial charge on any atom is -0.497 e. The van der Waals surface area contributed by atoms with Crippen LogP contribution in [0.25, 0.3) is 11.2 Å². The van der Waals surface area contributed by atoms with Gasteiger partial charge in [0.15, 0.2) is 5.65 Å². The molecule has 0 spiro atoms. The van der Waals surface area contributed by atoms with E-state index in [9.17, 15) is 4.79 Å². The first kappa shape index (κ1) is 19.4. The van der Waals surface area contributed by atoms with E-state index in [1.54, 1.807) is 12.0 Å². The average Bonchev–Trinajstić information content (AvgIpc) is 2.92. The van der Waals surface area contributed by atoms with Crippen LogP contribution in [0.2, 0.25) is 0 Å². The summed E-state index contributed by atoms with van der Waals surface area (Å²) in [6.07, 6.45) is 4.43. The van der Waals surface area contributed by atoms with Crippen LogP contribution in [0, 0.1) is 6.92 Å². The van der Waals surface area contributed by atoms with Gasteiger partial charge in [0.1, 0.15) is 17.1 Å². The zero-order chi connectivity index (χ0) is 20.5. The zero-order valence-corrected chi connectivity index (χ0v) is 17.6. The molecule has 0 unspecified atom stereocenters. The summed E-state index contributed by atoms with van der Waals surface area (Å²) in [5.41, 5.74) is 4.11. The lowest BCUT2D eigenvalue weighted by molar-refractivity contribution is 0.0744. The van der Waals surface area contributed by atoms with Crippen LogP contribution in [-0.4, -0.2) is 39.5 Å². The highest BCUT2D eigenvalue weighted by molar-refractivity contribution is 6.04. The molecule has 0 fully saturated rings. The molecule has 0 radical (unpaired) electrons. The van der Waals surface area contributed by atoms with Gasteiger partial charge in [-0.3, -0.25) is 4.79 Å². The summed E-state index contributed by atoms with van der Waals surface area (Å²) in [5.74, 6) is 1.83. The molecule has 1 aromatic carbocycles. The molecule has 1 aliphatic heterocycles. The number of amides is 1. The smallest absolute Gasteiger partial charge is 0.256 e. The van der Waals surface area contributed by atoms with E-state index in [4.69, 9.17) is 14.7 Å². The molecule has 0 aliphatic carbocycles. The Morgan fingerprint density at radius 2 is 1.93 bits per heavy atom. The van der Waals surface area contributed by atoms with E-state index in [0.29, 0.717) is 5.56 Å². The van der Waals surface area contributed by atoms with Crippen LogP contribution in [0.5, 0.6) is 5.75 Å². The Balaban J connectivity index is 1.70. The summed E-state index contributed by atoms with van der Waals surface area (Å²) in [5, 5.41) is 0. The number of hydrogen-bond donors (Lipinski definition) is 0. The summed E-state index contributed by atoms with van der Waals surface area (Å²) >= 11 is 0. The predicted octanol–water partition coefficient (Wildman–Crippen LogP) is 4.31. The molecule has 0 bridgehead atoms. The number of nitrogens with zero attached hydrogens (tertiary/aromatic N) is 4. The van der Waals surface area contributed by atoms with E-state index in [-0.39, 0.29) is 11.9 Å². The number of hydrogen-bond acceptors (Lipinski definition) is 4. The van der Waals surface area contributed by atoms with Gasteiger partial charge in [0, 0.05) is 25.7 Å². The average molecular weight is 393 g/mol. The number of carbonyl (C=O) groups excluding carboxylic acids is 1. The SMILES string of the molecule is COc1ccc([C@@H](C)N(C)C(=O)c2cc(C)nc3c2nc2n3CCCCC2)cc1. The van der Waals surface area contributed by atoms with Crippen molar-refractivity contribution >= 4 is 17.1 Å². The van der Waals surface area contributed by atoms with Crippen molar-refractivity contribution in [2.24, 2.45) is 0 Å². The fraction of sp³-hybridized carbons (Fsp3) is 0.435. The van der Waals surface area contributed by atoms with E-state index >= 15 is 0 Å². The topological polar surface area (TPSA) is 60.2 Å². The van der Waals surface area contributed by atoms with Gasteiger partial charge in [-0.15, -0.1) is 0 Å². The maximum absolute atomic E-state index is 13.5. The molecule has 29 heavy (non-hydrogen) atoms. The van der Waals surface area contributed by atoms with Crippen LogP contribution in [0.1, 0.15) is 59.7 Å². The number of pyridine rings is 1. The second-order valence-electron chi connectivity index (χ2n) is 7.84. The summed E-state index contributed by atoms with van der Waals surface area (Å²) in [4.78, 5) is 24.8. The molecule has 1 atom stereocenters. The van der Waals surface area contributed by atoms with Gasteiger partial charge in [-0.1, -0.05) is 18.6 Å². The minimum absolute atomic E-state index is 0.0305. The van der Waals surface area contributed by atoms with Crippen molar-refractivity contribution in [1.82, 2.24) is 19.4 Å². The van der Waals surface area contributed by atoms with E-state index in [1.165, 1.54) is 6.42 Å². The molecule has 0 saturated carbocycles. The van der Waals surface area contributed by atoms with Crippen molar-refractivity contribution in [3.05, 3.63) is 53.0 Å². The maximum atomic E-state index is 13.5. The first-order chi connectivity index (χ1) is 14.0. The third kappa shape index (κ3) is 3.59. The summed E-state index contributed by atoms with van der Waals surface area (Å²) in [6, 6.07) is 9.64. The fourth-order valence-corrected chi connectivity index (χ4v) is 4.05. The molecule has 0 saturated heterocycles. The normalized spacial score (nSPS) is 14.9. The van der Waals surface area contributed by atoms with E-state index in [0.717, 1.165) is 59.8 Å². The van der Waals surface area contributed by atoms with Gasteiger partial charge in [-0.2, -0.15) is 0 Å². The number of imidazole rings is 1. The molecule has 1 aliphatic rings. The first-order valence-corrected chi connectivity index (χ1v) is 10.3. The van der Waals surface area contributed by atoms with Gasteiger partial charge in [0.2, 0.25) is 0 Å². The van der Waals surface area contributed by atoms with Crippen LogP contribution in [-0.2, 0) is 13.0 Å². The third-order valence-electron chi connectivity index (χ3n) is 5.92. The quantitative estimate of drug-likeness (QED) is 0.664. The summed E-state index contributed by atoms with van der Waals surface area (Å²) < 4.78 is 7.45. The lowest BCUT2D eigenvalue weighted by Crippen LogP contribution is -2.30. The Kier molecular flexibility index (Phi) is 5.26. The van der Waals surface area contributed by atoms with E-state index in [1.807, 2.05) is 51.2 Å². The Labute approximate surface area is 171 Å². The van der Waals surface area contributed by atoms with Crippen molar-refractivity contribution in [3.8, 4) is 5.75 Å². The maximum Gasteiger partial charge on any atom is 0.256 e. The number of rotatable bonds is 4. The number of ether oxygens (including phenoxy) is 1. The van der Waals surface area contributed by atoms with Gasteiger partial charge in [-0.05, 0) is 50.5 Å². The number of aromatic nitrogens is 3. The fourth-order valence-electron chi connectivity index (χ4n) is 4.05. The van der Waals surface area contributed by atoms with Crippen LogP contribution in [0.15, 0.2) is 30.3 Å². The Morgan fingerprint density at radius 1 is 1.17 bits per heavy atom. The minimum atomic E-state index is -0.0719. The number of methoxy groups -OCH3 is 1. The second kappa shape index (κ2) is 7.85. The molecule has 6 heteroatoms. The highest BCUT2D eigenvalue weighted by atomic mass is 16.5. The van der Waals surface area contributed by atoms with Crippen LogP contribution in [0.3, 0.4) is 0 Å². The van der Waals surface area contributed by atoms with Crippen molar-refractivity contribution in [3.63, 3.8) is 0 Å². The largest absolute Gasteiger partial charge is 0.497 e. The third-order valence-corrected chi connectivity index (χ3v) is 5.92. The zero-order valence-electron chi connectivity index (χ0n) is 17.6. The molecular weight excluding hydrogens is 364 g/mol. The van der Waals surface area contributed by atoms with Gasteiger partial charge in [0.25, 0.3) is 5.91 Å². The van der Waals surface area contributed by atoms with Gasteiger partial charge in [-0.25, -0.2) is 9.97 Å². The monoisotopic (exact) mass is 392 g/mol. The van der Waals surface area contributed by atoms with E-state index < -0.39 is 0 Å². The highest BCUT2D eigenvalue weighted by Gasteiger charge is 2.25. The number of aryl methyl sites for hydroxylation is 3. The molecule has 1 amide bonds. The van der Waals surface area contributed by atoms with Crippen molar-refractivity contribution in [2.45, 2.75) is 52.1 Å². The van der Waals surface area contributed by atoms with Gasteiger partial charge < -0.3 is 14.2 Å². The molecule has 0 N–H and O–H groups in total. The molecule has 6 nitrogen and oxygen atoms in total. The van der Waals surface area contributed by atoms with Crippen LogP contribution >= 0.6 is 0 Å². The second-order valence-corrected chi connectivity index (χ2v) is 7.84. The van der Waals surface area contributed by atoms with Crippen LogP contribution in [0.4, 0.5) is 0 Å². The molecule has 2 aromatic heterocycles. The molecule has 4 rings (SSSR count). The Bertz CT molecular complexity index is 1040. The number of benzene rings is 1. The standard InChI is InChI=1S/C23H28N4O2/c1-15-14-19(21-22(24-15)27-13-7-5-6-8-20(27)25-21)23(28)26(3)16(2)17-9-11-18(29-4)12-10-17/h9-12,14,16H,5-8,13H2,1-4H3/t16-/m1/s1.